The zero-order valence-corrected chi connectivity index (χ0v) is 16.1. The van der Waals surface area contributed by atoms with E-state index in [2.05, 4.69) is 41.3 Å². The Hall–Kier alpha value is -2.95. The number of aliphatic imine (C=N–C) groups is 1. The standard InChI is InChI=1S/C22H23N3O2/c1-5-15-6-8-16(9-7-15)21-20-17(10-11-23-22(20)26-13(2)3)19-14(4)25-27-18(19)12-24-21/h6-11,13H,5,12H2,1-4H3. The fourth-order valence-corrected chi connectivity index (χ4v) is 3.43. The third kappa shape index (κ3) is 3.14. The van der Waals surface area contributed by atoms with Crippen LogP contribution in [0.3, 0.4) is 0 Å². The first-order valence-electron chi connectivity index (χ1n) is 9.33. The Kier molecular flexibility index (Phi) is 4.52. The van der Waals surface area contributed by atoms with Crippen molar-refractivity contribution in [2.24, 2.45) is 4.99 Å². The number of aryl methyl sites for hydroxylation is 2. The second kappa shape index (κ2) is 6.99. The summed E-state index contributed by atoms with van der Waals surface area (Å²) >= 11 is 0. The molecule has 0 radical (unpaired) electrons. The van der Waals surface area contributed by atoms with Crippen molar-refractivity contribution >= 4 is 5.71 Å². The minimum Gasteiger partial charge on any atom is -0.474 e. The molecule has 138 valence electrons. The summed E-state index contributed by atoms with van der Waals surface area (Å²) in [6.45, 7) is 8.55. The van der Waals surface area contributed by atoms with Gasteiger partial charge >= 0.3 is 0 Å². The molecule has 27 heavy (non-hydrogen) atoms. The van der Waals surface area contributed by atoms with Gasteiger partial charge in [0, 0.05) is 17.3 Å². The summed E-state index contributed by atoms with van der Waals surface area (Å²) in [6.07, 6.45) is 2.79. The highest BCUT2D eigenvalue weighted by molar-refractivity contribution is 6.18. The third-order valence-electron chi connectivity index (χ3n) is 4.72. The van der Waals surface area contributed by atoms with Crippen LogP contribution in [-0.4, -0.2) is 22.0 Å². The number of rotatable bonds is 4. The average Bonchev–Trinajstić information content (AvgIpc) is 2.93. The van der Waals surface area contributed by atoms with Gasteiger partial charge < -0.3 is 9.26 Å². The van der Waals surface area contributed by atoms with Crippen LogP contribution in [0.1, 0.15) is 48.9 Å². The van der Waals surface area contributed by atoms with Crippen LogP contribution in [0, 0.1) is 6.92 Å². The minimum atomic E-state index is 0.0130. The highest BCUT2D eigenvalue weighted by atomic mass is 16.5. The van der Waals surface area contributed by atoms with Crippen LogP contribution in [0.4, 0.5) is 0 Å². The number of aromatic nitrogens is 2. The van der Waals surface area contributed by atoms with Crippen molar-refractivity contribution < 1.29 is 9.26 Å². The quantitative estimate of drug-likeness (QED) is 0.673. The molecular weight excluding hydrogens is 338 g/mol. The smallest absolute Gasteiger partial charge is 0.223 e. The van der Waals surface area contributed by atoms with E-state index in [0.29, 0.717) is 12.4 Å². The van der Waals surface area contributed by atoms with Crippen molar-refractivity contribution in [2.45, 2.75) is 46.8 Å². The molecule has 0 unspecified atom stereocenters. The molecule has 2 aromatic heterocycles. The van der Waals surface area contributed by atoms with Crippen molar-refractivity contribution in [2.75, 3.05) is 0 Å². The lowest BCUT2D eigenvalue weighted by atomic mass is 9.94. The van der Waals surface area contributed by atoms with Gasteiger partial charge in [0.05, 0.1) is 28.6 Å². The summed E-state index contributed by atoms with van der Waals surface area (Å²) in [6, 6.07) is 10.5. The number of ether oxygens (including phenoxy) is 1. The van der Waals surface area contributed by atoms with Gasteiger partial charge in [-0.3, -0.25) is 4.99 Å². The first kappa shape index (κ1) is 17.5. The van der Waals surface area contributed by atoms with Gasteiger partial charge in [0.15, 0.2) is 5.76 Å². The summed E-state index contributed by atoms with van der Waals surface area (Å²) < 4.78 is 11.6. The summed E-state index contributed by atoms with van der Waals surface area (Å²) in [7, 11) is 0. The molecular formula is C22H23N3O2. The number of nitrogens with zero attached hydrogens (tertiary/aromatic N) is 3. The predicted octanol–water partition coefficient (Wildman–Crippen LogP) is 4.75. The van der Waals surface area contributed by atoms with Gasteiger partial charge in [0.1, 0.15) is 6.54 Å². The summed E-state index contributed by atoms with van der Waals surface area (Å²) in [5, 5.41) is 4.14. The SMILES string of the molecule is CCc1ccc(C2=NCc3onc(C)c3-c3ccnc(OC(C)C)c32)cc1. The molecule has 0 amide bonds. The first-order valence-corrected chi connectivity index (χ1v) is 9.33. The molecule has 0 spiro atoms. The number of hydrogen-bond donors (Lipinski definition) is 0. The fourth-order valence-electron chi connectivity index (χ4n) is 3.43. The largest absolute Gasteiger partial charge is 0.474 e. The van der Waals surface area contributed by atoms with Gasteiger partial charge in [-0.1, -0.05) is 36.3 Å². The maximum atomic E-state index is 6.05. The normalized spacial score (nSPS) is 13.0. The van der Waals surface area contributed by atoms with Crippen molar-refractivity contribution in [1.82, 2.24) is 10.1 Å². The maximum absolute atomic E-state index is 6.05. The second-order valence-electron chi connectivity index (χ2n) is 6.99. The number of benzene rings is 1. The Morgan fingerprint density at radius 1 is 1.11 bits per heavy atom. The van der Waals surface area contributed by atoms with Crippen LogP contribution in [0.15, 0.2) is 46.0 Å². The van der Waals surface area contributed by atoms with E-state index in [-0.39, 0.29) is 6.10 Å². The van der Waals surface area contributed by atoms with Crippen molar-refractivity contribution in [1.29, 1.82) is 0 Å². The summed E-state index contributed by atoms with van der Waals surface area (Å²) in [5.41, 5.74) is 6.97. The van der Waals surface area contributed by atoms with Crippen LogP contribution in [0.5, 0.6) is 5.88 Å². The van der Waals surface area contributed by atoms with Crippen LogP contribution >= 0.6 is 0 Å². The Bertz CT molecular complexity index is 1000. The molecule has 5 nitrogen and oxygen atoms in total. The van der Waals surface area contributed by atoms with Crippen LogP contribution < -0.4 is 4.74 Å². The molecule has 3 aromatic rings. The van der Waals surface area contributed by atoms with Crippen molar-refractivity contribution in [3.05, 3.63) is 64.7 Å². The monoisotopic (exact) mass is 361 g/mol. The molecule has 0 atom stereocenters. The van der Waals surface area contributed by atoms with Crippen LogP contribution in [-0.2, 0) is 13.0 Å². The molecule has 1 aromatic carbocycles. The predicted molar refractivity (Wildman–Crippen MR) is 105 cm³/mol. The fraction of sp³-hybridized carbons (Fsp3) is 0.318. The molecule has 5 heteroatoms. The molecule has 0 saturated heterocycles. The molecule has 0 aliphatic carbocycles. The zero-order chi connectivity index (χ0) is 19.0. The topological polar surface area (TPSA) is 60.5 Å². The summed E-state index contributed by atoms with van der Waals surface area (Å²) in [4.78, 5) is 9.39. The van der Waals surface area contributed by atoms with E-state index < -0.39 is 0 Å². The second-order valence-corrected chi connectivity index (χ2v) is 6.99. The van der Waals surface area contributed by atoms with E-state index in [4.69, 9.17) is 14.3 Å². The summed E-state index contributed by atoms with van der Waals surface area (Å²) in [5.74, 6) is 1.37. The third-order valence-corrected chi connectivity index (χ3v) is 4.72. The highest BCUT2D eigenvalue weighted by Crippen LogP contribution is 2.38. The highest BCUT2D eigenvalue weighted by Gasteiger charge is 2.27. The van der Waals surface area contributed by atoms with E-state index >= 15 is 0 Å². The zero-order valence-electron chi connectivity index (χ0n) is 16.1. The van der Waals surface area contributed by atoms with Crippen molar-refractivity contribution in [3.63, 3.8) is 0 Å². The maximum Gasteiger partial charge on any atom is 0.223 e. The molecule has 0 bridgehead atoms. The Balaban J connectivity index is 1.95. The Morgan fingerprint density at radius 2 is 1.89 bits per heavy atom. The van der Waals surface area contributed by atoms with Gasteiger partial charge in [0.2, 0.25) is 5.88 Å². The lowest BCUT2D eigenvalue weighted by Gasteiger charge is -2.17. The molecule has 0 fully saturated rings. The number of hydrogen-bond acceptors (Lipinski definition) is 5. The Labute approximate surface area is 159 Å². The molecule has 0 saturated carbocycles. The average molecular weight is 361 g/mol. The number of pyridine rings is 1. The lowest BCUT2D eigenvalue weighted by molar-refractivity contribution is 0.232. The van der Waals surface area contributed by atoms with Gasteiger partial charge in [-0.2, -0.15) is 0 Å². The molecule has 1 aliphatic heterocycles. The van der Waals surface area contributed by atoms with E-state index in [1.165, 1.54) is 5.56 Å². The van der Waals surface area contributed by atoms with Gasteiger partial charge in [-0.15, -0.1) is 0 Å². The van der Waals surface area contributed by atoms with E-state index in [0.717, 1.165) is 45.8 Å². The molecule has 0 N–H and O–H groups in total. The Morgan fingerprint density at radius 3 is 2.59 bits per heavy atom. The van der Waals surface area contributed by atoms with E-state index in [9.17, 15) is 0 Å². The van der Waals surface area contributed by atoms with Crippen molar-refractivity contribution in [3.8, 4) is 17.0 Å². The van der Waals surface area contributed by atoms with Crippen LogP contribution in [0.25, 0.3) is 11.1 Å². The van der Waals surface area contributed by atoms with E-state index in [1.54, 1.807) is 6.20 Å². The van der Waals surface area contributed by atoms with Gasteiger partial charge in [-0.25, -0.2) is 4.98 Å². The number of fused-ring (bicyclic) bond motifs is 3. The van der Waals surface area contributed by atoms with E-state index in [1.807, 2.05) is 26.8 Å². The van der Waals surface area contributed by atoms with Gasteiger partial charge in [-0.05, 0) is 38.8 Å². The minimum absolute atomic E-state index is 0.0130. The van der Waals surface area contributed by atoms with Gasteiger partial charge in [0.25, 0.3) is 0 Å². The van der Waals surface area contributed by atoms with Crippen LogP contribution in [0.2, 0.25) is 0 Å². The first-order chi connectivity index (χ1) is 13.1. The molecule has 4 rings (SSSR count). The lowest BCUT2D eigenvalue weighted by Crippen LogP contribution is -2.14. The molecule has 1 aliphatic rings. The molecule has 3 heterocycles.